The van der Waals surface area contributed by atoms with Crippen LogP contribution in [-0.4, -0.2) is 18.4 Å². The van der Waals surface area contributed by atoms with Crippen molar-refractivity contribution < 1.29 is 8.42 Å². The van der Waals surface area contributed by atoms with Crippen LogP contribution in [0.3, 0.4) is 0 Å². The molecule has 158 valence electrons. The van der Waals surface area contributed by atoms with E-state index in [1.165, 1.54) is 5.56 Å². The second kappa shape index (κ2) is 8.35. The topological polar surface area (TPSA) is 84.0 Å². The van der Waals surface area contributed by atoms with Crippen molar-refractivity contribution in [2.75, 3.05) is 10.0 Å². The smallest absolute Gasteiger partial charge is 0.263 e. The first-order valence-corrected chi connectivity index (χ1v) is 11.6. The number of aromatic nitrogens is 2. The van der Waals surface area contributed by atoms with Crippen LogP contribution in [0.4, 0.5) is 17.3 Å². The summed E-state index contributed by atoms with van der Waals surface area (Å²) in [5.41, 5.74) is 5.22. The van der Waals surface area contributed by atoms with E-state index >= 15 is 0 Å². The summed E-state index contributed by atoms with van der Waals surface area (Å²) in [6.45, 7) is 5.92. The molecule has 0 aliphatic carbocycles. The van der Waals surface area contributed by atoms with Gasteiger partial charge in [0.15, 0.2) is 11.6 Å². The van der Waals surface area contributed by atoms with Crippen molar-refractivity contribution in [1.29, 1.82) is 0 Å². The van der Waals surface area contributed by atoms with E-state index in [4.69, 9.17) is 0 Å². The lowest BCUT2D eigenvalue weighted by Gasteiger charge is -2.14. The molecule has 0 saturated carbocycles. The average molecular weight is 433 g/mol. The van der Waals surface area contributed by atoms with Gasteiger partial charge in [0.2, 0.25) is 0 Å². The van der Waals surface area contributed by atoms with Crippen LogP contribution in [0.2, 0.25) is 0 Å². The van der Waals surface area contributed by atoms with E-state index in [1.54, 1.807) is 24.3 Å². The first-order chi connectivity index (χ1) is 14.9. The summed E-state index contributed by atoms with van der Waals surface area (Å²) in [4.78, 5) is 9.35. The molecule has 1 aromatic heterocycles. The van der Waals surface area contributed by atoms with Crippen molar-refractivity contribution in [2.24, 2.45) is 0 Å². The SMILES string of the molecule is CCc1ccc(Nc2nc3ccccc3nc2NS(=O)(=O)c2ccc(C)c(C)c2)cc1. The summed E-state index contributed by atoms with van der Waals surface area (Å²) >= 11 is 0. The fourth-order valence-electron chi connectivity index (χ4n) is 3.19. The molecule has 0 spiro atoms. The second-order valence-electron chi connectivity index (χ2n) is 7.44. The number of nitrogens with one attached hydrogen (secondary N) is 2. The van der Waals surface area contributed by atoms with Gasteiger partial charge in [-0.25, -0.2) is 18.4 Å². The van der Waals surface area contributed by atoms with Gasteiger partial charge in [-0.3, -0.25) is 4.72 Å². The van der Waals surface area contributed by atoms with Crippen molar-refractivity contribution in [3.63, 3.8) is 0 Å². The molecule has 4 rings (SSSR count). The number of aryl methyl sites for hydroxylation is 3. The number of para-hydroxylation sites is 2. The molecule has 0 bridgehead atoms. The Balaban J connectivity index is 1.75. The highest BCUT2D eigenvalue weighted by Gasteiger charge is 2.19. The number of nitrogens with zero attached hydrogens (tertiary/aromatic N) is 2. The molecule has 0 radical (unpaired) electrons. The molecule has 0 aliphatic heterocycles. The summed E-state index contributed by atoms with van der Waals surface area (Å²) in [5.74, 6) is 0.492. The Morgan fingerprint density at radius 1 is 0.806 bits per heavy atom. The van der Waals surface area contributed by atoms with Crippen molar-refractivity contribution >= 4 is 38.4 Å². The molecule has 4 aromatic rings. The highest BCUT2D eigenvalue weighted by atomic mass is 32.2. The first-order valence-electron chi connectivity index (χ1n) is 10.1. The van der Waals surface area contributed by atoms with Crippen LogP contribution in [0.15, 0.2) is 71.6 Å². The molecule has 6 nitrogen and oxygen atoms in total. The summed E-state index contributed by atoms with van der Waals surface area (Å²) in [7, 11) is -3.84. The molecule has 0 atom stereocenters. The van der Waals surface area contributed by atoms with Gasteiger partial charge in [0, 0.05) is 5.69 Å². The van der Waals surface area contributed by atoms with Gasteiger partial charge in [0.25, 0.3) is 10.0 Å². The summed E-state index contributed by atoms with van der Waals surface area (Å²) in [6, 6.07) is 20.3. The number of fused-ring (bicyclic) bond motifs is 1. The molecule has 0 amide bonds. The molecule has 1 heterocycles. The van der Waals surface area contributed by atoms with E-state index < -0.39 is 10.0 Å². The Labute approximate surface area is 182 Å². The maximum Gasteiger partial charge on any atom is 0.263 e. The van der Waals surface area contributed by atoms with E-state index in [2.05, 4.69) is 26.9 Å². The Kier molecular flexibility index (Phi) is 5.61. The van der Waals surface area contributed by atoms with Gasteiger partial charge in [0.1, 0.15) is 0 Å². The molecule has 31 heavy (non-hydrogen) atoms. The lowest BCUT2D eigenvalue weighted by atomic mass is 10.1. The minimum atomic E-state index is -3.84. The van der Waals surface area contributed by atoms with Gasteiger partial charge in [-0.05, 0) is 73.4 Å². The molecular formula is C24H24N4O2S. The molecule has 0 aliphatic rings. The minimum absolute atomic E-state index is 0.150. The zero-order valence-corrected chi connectivity index (χ0v) is 18.5. The maximum absolute atomic E-state index is 13.1. The monoisotopic (exact) mass is 432 g/mol. The maximum atomic E-state index is 13.1. The Hall–Kier alpha value is -3.45. The fourth-order valence-corrected chi connectivity index (χ4v) is 4.28. The number of anilines is 3. The Morgan fingerprint density at radius 2 is 1.45 bits per heavy atom. The number of hydrogen-bond donors (Lipinski definition) is 2. The predicted molar refractivity (Wildman–Crippen MR) is 125 cm³/mol. The molecular weight excluding hydrogens is 408 g/mol. The number of benzene rings is 3. The third-order valence-electron chi connectivity index (χ3n) is 5.22. The highest BCUT2D eigenvalue weighted by Crippen LogP contribution is 2.27. The molecule has 3 aromatic carbocycles. The summed E-state index contributed by atoms with van der Waals surface area (Å²) in [6.07, 6.45) is 0.942. The van der Waals surface area contributed by atoms with Crippen molar-refractivity contribution in [3.8, 4) is 0 Å². The standard InChI is InChI=1S/C24H24N4O2S/c1-4-18-10-12-19(13-11-18)25-23-24(27-22-8-6-5-7-21(22)26-23)28-31(29,30)20-14-9-16(2)17(3)15-20/h5-15H,4H2,1-3H3,(H,25,26)(H,27,28). The fraction of sp³-hybridized carbons (Fsp3) is 0.167. The zero-order chi connectivity index (χ0) is 22.0. The van der Waals surface area contributed by atoms with E-state index in [0.717, 1.165) is 23.2 Å². The Morgan fingerprint density at radius 3 is 2.06 bits per heavy atom. The van der Waals surface area contributed by atoms with Crippen LogP contribution in [0.25, 0.3) is 11.0 Å². The first kappa shape index (κ1) is 20.8. The van der Waals surface area contributed by atoms with Crippen LogP contribution in [-0.2, 0) is 16.4 Å². The quantitative estimate of drug-likeness (QED) is 0.429. The van der Waals surface area contributed by atoms with Crippen LogP contribution in [0, 0.1) is 13.8 Å². The van der Waals surface area contributed by atoms with Gasteiger partial charge >= 0.3 is 0 Å². The van der Waals surface area contributed by atoms with Crippen molar-refractivity contribution in [2.45, 2.75) is 32.1 Å². The number of sulfonamides is 1. The number of rotatable bonds is 6. The summed E-state index contributed by atoms with van der Waals surface area (Å²) < 4.78 is 28.8. The van der Waals surface area contributed by atoms with Gasteiger partial charge in [-0.1, -0.05) is 37.3 Å². The van der Waals surface area contributed by atoms with Crippen molar-refractivity contribution in [1.82, 2.24) is 9.97 Å². The van der Waals surface area contributed by atoms with E-state index in [0.29, 0.717) is 16.9 Å². The predicted octanol–water partition coefficient (Wildman–Crippen LogP) is 5.35. The molecule has 0 saturated heterocycles. The lowest BCUT2D eigenvalue weighted by Crippen LogP contribution is -2.16. The van der Waals surface area contributed by atoms with E-state index in [9.17, 15) is 8.42 Å². The van der Waals surface area contributed by atoms with E-state index in [1.807, 2.05) is 56.3 Å². The van der Waals surface area contributed by atoms with Gasteiger partial charge in [-0.15, -0.1) is 0 Å². The average Bonchev–Trinajstić information content (AvgIpc) is 2.76. The number of hydrogen-bond acceptors (Lipinski definition) is 5. The summed E-state index contributed by atoms with van der Waals surface area (Å²) in [5, 5.41) is 3.21. The zero-order valence-electron chi connectivity index (χ0n) is 17.7. The second-order valence-corrected chi connectivity index (χ2v) is 9.12. The largest absolute Gasteiger partial charge is 0.337 e. The molecule has 7 heteroatoms. The van der Waals surface area contributed by atoms with Gasteiger partial charge in [-0.2, -0.15) is 0 Å². The third-order valence-corrected chi connectivity index (χ3v) is 6.55. The van der Waals surface area contributed by atoms with Crippen molar-refractivity contribution in [3.05, 3.63) is 83.4 Å². The minimum Gasteiger partial charge on any atom is -0.337 e. The van der Waals surface area contributed by atoms with Crippen LogP contribution < -0.4 is 10.0 Å². The van der Waals surface area contributed by atoms with Crippen LogP contribution in [0.5, 0.6) is 0 Å². The van der Waals surface area contributed by atoms with E-state index in [-0.39, 0.29) is 10.7 Å². The lowest BCUT2D eigenvalue weighted by molar-refractivity contribution is 0.601. The Bertz CT molecular complexity index is 1350. The van der Waals surface area contributed by atoms with Crippen LogP contribution >= 0.6 is 0 Å². The normalized spacial score (nSPS) is 11.5. The van der Waals surface area contributed by atoms with Gasteiger partial charge < -0.3 is 5.32 Å². The van der Waals surface area contributed by atoms with Gasteiger partial charge in [0.05, 0.1) is 15.9 Å². The molecule has 0 unspecified atom stereocenters. The third kappa shape index (κ3) is 4.51. The van der Waals surface area contributed by atoms with Crippen LogP contribution in [0.1, 0.15) is 23.6 Å². The highest BCUT2D eigenvalue weighted by molar-refractivity contribution is 7.92. The molecule has 0 fully saturated rings. The molecule has 2 N–H and O–H groups in total.